The predicted octanol–water partition coefficient (Wildman–Crippen LogP) is 3.09. The summed E-state index contributed by atoms with van der Waals surface area (Å²) in [7, 11) is 1.63. The van der Waals surface area contributed by atoms with Crippen LogP contribution in [-0.2, 0) is 13.2 Å². The van der Waals surface area contributed by atoms with Crippen molar-refractivity contribution in [2.24, 2.45) is 5.73 Å². The van der Waals surface area contributed by atoms with Gasteiger partial charge in [0.05, 0.1) is 24.4 Å². The van der Waals surface area contributed by atoms with Crippen LogP contribution in [0.2, 0.25) is 0 Å². The molecule has 4 nitrogen and oxygen atoms in total. The van der Waals surface area contributed by atoms with Gasteiger partial charge in [-0.25, -0.2) is 0 Å². The fourth-order valence-corrected chi connectivity index (χ4v) is 2.03. The Kier molecular flexibility index (Phi) is 4.28. The predicted molar refractivity (Wildman–Crippen MR) is 71.6 cm³/mol. The highest BCUT2D eigenvalue weighted by atomic mass is 79.9. The van der Waals surface area contributed by atoms with E-state index in [1.165, 1.54) is 0 Å². The van der Waals surface area contributed by atoms with E-state index in [2.05, 4.69) is 15.9 Å². The van der Waals surface area contributed by atoms with Gasteiger partial charge in [-0.15, -0.1) is 0 Å². The number of hydrogen-bond acceptors (Lipinski definition) is 4. The second-order valence-corrected chi connectivity index (χ2v) is 4.51. The van der Waals surface area contributed by atoms with Gasteiger partial charge >= 0.3 is 0 Å². The lowest BCUT2D eigenvalue weighted by molar-refractivity contribution is 0.299. The van der Waals surface area contributed by atoms with E-state index in [-0.39, 0.29) is 0 Å². The maximum Gasteiger partial charge on any atom is 0.134 e. The van der Waals surface area contributed by atoms with Gasteiger partial charge in [-0.3, -0.25) is 0 Å². The Balaban J connectivity index is 2.06. The number of ether oxygens (including phenoxy) is 2. The van der Waals surface area contributed by atoms with E-state index in [1.54, 1.807) is 13.4 Å². The summed E-state index contributed by atoms with van der Waals surface area (Å²) in [6, 6.07) is 7.42. The zero-order chi connectivity index (χ0) is 13.0. The van der Waals surface area contributed by atoms with Crippen LogP contribution in [-0.4, -0.2) is 7.11 Å². The number of methoxy groups -OCH3 is 1. The Morgan fingerprint density at radius 1 is 1.33 bits per heavy atom. The Bertz CT molecular complexity index is 525. The quantitative estimate of drug-likeness (QED) is 0.922. The van der Waals surface area contributed by atoms with Crippen molar-refractivity contribution in [2.75, 3.05) is 7.11 Å². The number of nitrogens with two attached hydrogens (primary N) is 1. The van der Waals surface area contributed by atoms with Gasteiger partial charge in [0.1, 0.15) is 23.9 Å². The smallest absolute Gasteiger partial charge is 0.134 e. The van der Waals surface area contributed by atoms with E-state index in [1.807, 2.05) is 24.3 Å². The van der Waals surface area contributed by atoms with Crippen molar-refractivity contribution in [3.05, 3.63) is 46.3 Å². The van der Waals surface area contributed by atoms with Crippen molar-refractivity contribution >= 4 is 15.9 Å². The molecule has 0 saturated heterocycles. The number of hydrogen-bond donors (Lipinski definition) is 1. The van der Waals surface area contributed by atoms with Crippen molar-refractivity contribution in [3.8, 4) is 11.5 Å². The third kappa shape index (κ3) is 2.86. The average Bonchev–Trinajstić information content (AvgIpc) is 2.84. The van der Waals surface area contributed by atoms with E-state index in [0.717, 1.165) is 27.3 Å². The molecule has 0 unspecified atom stereocenters. The number of furan rings is 1. The van der Waals surface area contributed by atoms with Gasteiger partial charge in [-0.05, 0) is 40.2 Å². The van der Waals surface area contributed by atoms with Gasteiger partial charge in [-0.1, -0.05) is 0 Å². The van der Waals surface area contributed by atoms with Crippen molar-refractivity contribution in [3.63, 3.8) is 0 Å². The molecule has 2 N–H and O–H groups in total. The molecular formula is C13H14BrNO3. The SMILES string of the molecule is COc1ccc(OCc2ccoc2CN)c(Br)c1. The summed E-state index contributed by atoms with van der Waals surface area (Å²) in [6.45, 7) is 0.795. The molecule has 18 heavy (non-hydrogen) atoms. The van der Waals surface area contributed by atoms with Gasteiger partial charge in [-0.2, -0.15) is 0 Å². The highest BCUT2D eigenvalue weighted by Crippen LogP contribution is 2.29. The lowest BCUT2D eigenvalue weighted by Gasteiger charge is -2.09. The lowest BCUT2D eigenvalue weighted by atomic mass is 10.2. The van der Waals surface area contributed by atoms with Crippen LogP contribution in [0.15, 0.2) is 39.4 Å². The third-order valence-corrected chi connectivity index (χ3v) is 3.17. The van der Waals surface area contributed by atoms with E-state index < -0.39 is 0 Å². The van der Waals surface area contributed by atoms with E-state index in [0.29, 0.717) is 13.2 Å². The monoisotopic (exact) mass is 311 g/mol. The minimum absolute atomic E-state index is 0.371. The van der Waals surface area contributed by atoms with Crippen LogP contribution < -0.4 is 15.2 Å². The maximum absolute atomic E-state index is 5.71. The molecule has 0 aliphatic rings. The normalized spacial score (nSPS) is 10.4. The molecule has 0 aliphatic carbocycles. The maximum atomic E-state index is 5.71. The van der Waals surface area contributed by atoms with Crippen LogP contribution in [0.3, 0.4) is 0 Å². The highest BCUT2D eigenvalue weighted by Gasteiger charge is 2.07. The fourth-order valence-electron chi connectivity index (χ4n) is 1.56. The molecular weight excluding hydrogens is 298 g/mol. The minimum Gasteiger partial charge on any atom is -0.497 e. The number of benzene rings is 1. The molecule has 0 radical (unpaired) electrons. The molecule has 0 fully saturated rings. The van der Waals surface area contributed by atoms with Crippen LogP contribution in [0.5, 0.6) is 11.5 Å². The van der Waals surface area contributed by atoms with Crippen molar-refractivity contribution in [2.45, 2.75) is 13.2 Å². The van der Waals surface area contributed by atoms with Gasteiger partial charge in [0, 0.05) is 5.56 Å². The molecule has 1 heterocycles. The molecule has 0 amide bonds. The van der Waals surface area contributed by atoms with Crippen molar-refractivity contribution < 1.29 is 13.9 Å². The first kappa shape index (κ1) is 13.0. The summed E-state index contributed by atoms with van der Waals surface area (Å²) in [5.74, 6) is 2.28. The summed E-state index contributed by atoms with van der Waals surface area (Å²) >= 11 is 3.43. The lowest BCUT2D eigenvalue weighted by Crippen LogP contribution is -2.02. The molecule has 1 aromatic heterocycles. The molecule has 0 atom stereocenters. The molecule has 0 bridgehead atoms. The molecule has 1 aromatic carbocycles. The van der Waals surface area contributed by atoms with E-state index in [9.17, 15) is 0 Å². The first-order valence-electron chi connectivity index (χ1n) is 5.46. The molecule has 96 valence electrons. The molecule has 2 aromatic rings. The standard InChI is InChI=1S/C13H14BrNO3/c1-16-10-2-3-12(11(14)6-10)18-8-9-4-5-17-13(9)7-15/h2-6H,7-8,15H2,1H3. The van der Waals surface area contributed by atoms with E-state index >= 15 is 0 Å². The average molecular weight is 312 g/mol. The molecule has 0 saturated carbocycles. The fraction of sp³-hybridized carbons (Fsp3) is 0.231. The second-order valence-electron chi connectivity index (χ2n) is 3.66. The number of halogens is 1. The van der Waals surface area contributed by atoms with Crippen LogP contribution in [0, 0.1) is 0 Å². The van der Waals surface area contributed by atoms with Gasteiger partial charge < -0.3 is 19.6 Å². The van der Waals surface area contributed by atoms with Crippen LogP contribution in [0.25, 0.3) is 0 Å². The minimum atomic E-state index is 0.371. The van der Waals surface area contributed by atoms with Crippen molar-refractivity contribution in [1.29, 1.82) is 0 Å². The summed E-state index contributed by atoms with van der Waals surface area (Å²) < 4.78 is 16.9. The van der Waals surface area contributed by atoms with Crippen LogP contribution >= 0.6 is 15.9 Å². The van der Waals surface area contributed by atoms with Gasteiger partial charge in [0.25, 0.3) is 0 Å². The van der Waals surface area contributed by atoms with Crippen LogP contribution in [0.1, 0.15) is 11.3 Å². The topological polar surface area (TPSA) is 57.6 Å². The summed E-state index contributed by atoms with van der Waals surface area (Å²) in [5.41, 5.74) is 6.52. The first-order valence-corrected chi connectivity index (χ1v) is 6.25. The first-order chi connectivity index (χ1) is 8.74. The molecule has 2 rings (SSSR count). The summed E-state index contributed by atoms with van der Waals surface area (Å²) in [4.78, 5) is 0. The van der Waals surface area contributed by atoms with E-state index in [4.69, 9.17) is 19.6 Å². The number of rotatable bonds is 5. The second kappa shape index (κ2) is 5.93. The van der Waals surface area contributed by atoms with Gasteiger partial charge in [0.15, 0.2) is 0 Å². The summed E-state index contributed by atoms with van der Waals surface area (Å²) in [5, 5.41) is 0. The summed E-state index contributed by atoms with van der Waals surface area (Å²) in [6.07, 6.45) is 1.62. The highest BCUT2D eigenvalue weighted by molar-refractivity contribution is 9.10. The van der Waals surface area contributed by atoms with Crippen LogP contribution in [0.4, 0.5) is 0 Å². The Morgan fingerprint density at radius 2 is 2.17 bits per heavy atom. The molecule has 0 spiro atoms. The van der Waals surface area contributed by atoms with Gasteiger partial charge in [0.2, 0.25) is 0 Å². The Hall–Kier alpha value is -1.46. The third-order valence-electron chi connectivity index (χ3n) is 2.55. The Morgan fingerprint density at radius 3 is 2.83 bits per heavy atom. The Labute approximate surface area is 114 Å². The zero-order valence-corrected chi connectivity index (χ0v) is 11.6. The largest absolute Gasteiger partial charge is 0.497 e. The van der Waals surface area contributed by atoms with Crippen molar-refractivity contribution in [1.82, 2.24) is 0 Å². The zero-order valence-electron chi connectivity index (χ0n) is 9.98. The molecule has 5 heteroatoms. The molecule has 0 aliphatic heterocycles.